The number of rotatable bonds is 1. The molecule has 1 saturated carbocycles. The fourth-order valence-electron chi connectivity index (χ4n) is 3.09. The fourth-order valence-corrected chi connectivity index (χ4v) is 3.09. The maximum absolute atomic E-state index is 5.91. The lowest BCUT2D eigenvalue weighted by Crippen LogP contribution is -2.57. The first-order valence-electron chi connectivity index (χ1n) is 5.11. The summed E-state index contributed by atoms with van der Waals surface area (Å²) < 4.78 is 5.91. The van der Waals surface area contributed by atoms with E-state index < -0.39 is 0 Å². The largest absolute Gasteiger partial charge is 0.372 e. The van der Waals surface area contributed by atoms with E-state index >= 15 is 0 Å². The molecule has 2 saturated heterocycles. The molecule has 0 unspecified atom stereocenters. The van der Waals surface area contributed by atoms with Crippen LogP contribution >= 0.6 is 0 Å². The quantitative estimate of drug-likeness (QED) is 0.585. The predicted octanol–water partition coefficient (Wildman–Crippen LogP) is 2.99. The first-order chi connectivity index (χ1) is 5.44. The normalized spacial score (nSPS) is 44.2. The third kappa shape index (κ3) is 1.10. The molecule has 0 aromatic carbocycles. The molecular weight excluding hydrogens is 148 g/mol. The highest BCUT2D eigenvalue weighted by Crippen LogP contribution is 2.58. The molecule has 2 aliphatic heterocycles. The van der Waals surface area contributed by atoms with Crippen LogP contribution in [-0.4, -0.2) is 11.7 Å². The van der Waals surface area contributed by atoms with Crippen LogP contribution in [-0.2, 0) is 4.74 Å². The van der Waals surface area contributed by atoms with Gasteiger partial charge in [-0.25, -0.2) is 0 Å². The molecule has 0 aromatic rings. The fraction of sp³-hybridized carbons (Fsp3) is 1.00. The first-order valence-corrected chi connectivity index (χ1v) is 5.11. The van der Waals surface area contributed by atoms with Gasteiger partial charge in [-0.05, 0) is 44.4 Å². The molecule has 2 bridgehead atoms. The zero-order chi connectivity index (χ0) is 8.98. The van der Waals surface area contributed by atoms with Crippen molar-refractivity contribution in [2.24, 2.45) is 11.3 Å². The van der Waals surface area contributed by atoms with E-state index in [-0.39, 0.29) is 5.60 Å². The molecule has 0 atom stereocenters. The van der Waals surface area contributed by atoms with Crippen LogP contribution in [0.3, 0.4) is 0 Å². The number of fused-ring (bicyclic) bond motifs is 2. The predicted molar refractivity (Wildman–Crippen MR) is 50.1 cm³/mol. The van der Waals surface area contributed by atoms with Crippen LogP contribution < -0.4 is 0 Å². The van der Waals surface area contributed by atoms with Crippen LogP contribution in [0.4, 0.5) is 0 Å². The molecule has 0 amide bonds. The second-order valence-electron chi connectivity index (χ2n) is 5.60. The molecule has 3 rings (SSSR count). The standard InChI is InChI=1S/C11H20O/c1-8(2)11-5-9(6-11)12-10(3,4)7-11/h8-9H,5-7H2,1-4H3. The summed E-state index contributed by atoms with van der Waals surface area (Å²) in [6.07, 6.45) is 4.47. The Bertz CT molecular complexity index is 187. The van der Waals surface area contributed by atoms with Crippen molar-refractivity contribution in [3.05, 3.63) is 0 Å². The maximum Gasteiger partial charge on any atom is 0.0635 e. The minimum atomic E-state index is 0.144. The van der Waals surface area contributed by atoms with Crippen molar-refractivity contribution in [1.29, 1.82) is 0 Å². The Morgan fingerprint density at radius 2 is 1.83 bits per heavy atom. The molecule has 0 aromatic heterocycles. The van der Waals surface area contributed by atoms with E-state index in [9.17, 15) is 0 Å². The molecule has 3 aliphatic rings. The molecule has 1 nitrogen and oxygen atoms in total. The molecule has 1 aliphatic carbocycles. The SMILES string of the molecule is CC(C)C12CC(C1)OC(C)(C)C2. The molecule has 3 fully saturated rings. The van der Waals surface area contributed by atoms with Gasteiger partial charge in [-0.1, -0.05) is 13.8 Å². The second kappa shape index (κ2) is 2.25. The summed E-state index contributed by atoms with van der Waals surface area (Å²) >= 11 is 0. The van der Waals surface area contributed by atoms with Gasteiger partial charge in [-0.15, -0.1) is 0 Å². The summed E-state index contributed by atoms with van der Waals surface area (Å²) in [6.45, 7) is 9.18. The summed E-state index contributed by atoms with van der Waals surface area (Å²) in [4.78, 5) is 0. The summed E-state index contributed by atoms with van der Waals surface area (Å²) in [5.41, 5.74) is 0.776. The van der Waals surface area contributed by atoms with Crippen molar-refractivity contribution in [3.8, 4) is 0 Å². The zero-order valence-corrected chi connectivity index (χ0v) is 8.68. The topological polar surface area (TPSA) is 9.23 Å². The Morgan fingerprint density at radius 1 is 1.25 bits per heavy atom. The van der Waals surface area contributed by atoms with E-state index in [0.29, 0.717) is 11.5 Å². The van der Waals surface area contributed by atoms with E-state index in [0.717, 1.165) is 5.92 Å². The van der Waals surface area contributed by atoms with Gasteiger partial charge in [0.2, 0.25) is 0 Å². The van der Waals surface area contributed by atoms with Gasteiger partial charge in [0.1, 0.15) is 0 Å². The maximum atomic E-state index is 5.91. The van der Waals surface area contributed by atoms with E-state index in [1.807, 2.05) is 0 Å². The average Bonchev–Trinajstić information content (AvgIpc) is 1.80. The number of ether oxygens (including phenoxy) is 1. The van der Waals surface area contributed by atoms with Gasteiger partial charge < -0.3 is 4.74 Å². The molecule has 12 heavy (non-hydrogen) atoms. The zero-order valence-electron chi connectivity index (χ0n) is 8.68. The molecular formula is C11H20O. The Balaban J connectivity index is 2.13. The molecule has 2 heterocycles. The van der Waals surface area contributed by atoms with Crippen molar-refractivity contribution in [3.63, 3.8) is 0 Å². The van der Waals surface area contributed by atoms with Crippen molar-refractivity contribution >= 4 is 0 Å². The number of hydrogen-bond donors (Lipinski definition) is 0. The summed E-state index contributed by atoms with van der Waals surface area (Å²) in [5.74, 6) is 0.830. The Hall–Kier alpha value is -0.0400. The summed E-state index contributed by atoms with van der Waals surface area (Å²) in [5, 5.41) is 0. The summed E-state index contributed by atoms with van der Waals surface area (Å²) in [7, 11) is 0. The molecule has 0 spiro atoms. The van der Waals surface area contributed by atoms with Crippen LogP contribution in [0.5, 0.6) is 0 Å². The van der Waals surface area contributed by atoms with Crippen molar-refractivity contribution in [2.45, 2.75) is 58.7 Å². The lowest BCUT2D eigenvalue weighted by Gasteiger charge is -2.60. The molecule has 70 valence electrons. The van der Waals surface area contributed by atoms with E-state index in [1.54, 1.807) is 0 Å². The highest BCUT2D eigenvalue weighted by atomic mass is 16.5. The van der Waals surface area contributed by atoms with Gasteiger partial charge in [0, 0.05) is 0 Å². The van der Waals surface area contributed by atoms with E-state index in [1.165, 1.54) is 19.3 Å². The number of hydrogen-bond acceptors (Lipinski definition) is 1. The van der Waals surface area contributed by atoms with Gasteiger partial charge in [0.15, 0.2) is 0 Å². The van der Waals surface area contributed by atoms with Crippen LogP contribution in [0.1, 0.15) is 47.0 Å². The third-order valence-corrected chi connectivity index (χ3v) is 3.76. The highest BCUT2D eigenvalue weighted by Gasteiger charge is 2.55. The van der Waals surface area contributed by atoms with Gasteiger partial charge >= 0.3 is 0 Å². The Labute approximate surface area is 75.5 Å². The van der Waals surface area contributed by atoms with Gasteiger partial charge in [0.25, 0.3) is 0 Å². The lowest BCUT2D eigenvalue weighted by atomic mass is 9.54. The highest BCUT2D eigenvalue weighted by molar-refractivity contribution is 5.04. The van der Waals surface area contributed by atoms with Gasteiger partial charge in [-0.3, -0.25) is 0 Å². The minimum Gasteiger partial charge on any atom is -0.372 e. The second-order valence-corrected chi connectivity index (χ2v) is 5.60. The smallest absolute Gasteiger partial charge is 0.0635 e. The van der Waals surface area contributed by atoms with E-state index in [4.69, 9.17) is 4.74 Å². The average molecular weight is 168 g/mol. The Kier molecular flexibility index (Phi) is 1.61. The van der Waals surface area contributed by atoms with Crippen molar-refractivity contribution < 1.29 is 4.74 Å². The van der Waals surface area contributed by atoms with Crippen LogP contribution in [0.25, 0.3) is 0 Å². The van der Waals surface area contributed by atoms with Gasteiger partial charge in [0.05, 0.1) is 11.7 Å². The Morgan fingerprint density at radius 3 is 2.17 bits per heavy atom. The van der Waals surface area contributed by atoms with Crippen LogP contribution in [0.2, 0.25) is 0 Å². The molecule has 0 N–H and O–H groups in total. The minimum absolute atomic E-state index is 0.144. The molecule has 1 heteroatoms. The van der Waals surface area contributed by atoms with Gasteiger partial charge in [-0.2, -0.15) is 0 Å². The van der Waals surface area contributed by atoms with Crippen LogP contribution in [0.15, 0.2) is 0 Å². The summed E-state index contributed by atoms with van der Waals surface area (Å²) in [6, 6.07) is 0. The van der Waals surface area contributed by atoms with Crippen molar-refractivity contribution in [2.75, 3.05) is 0 Å². The van der Waals surface area contributed by atoms with E-state index in [2.05, 4.69) is 27.7 Å². The molecule has 0 radical (unpaired) electrons. The third-order valence-electron chi connectivity index (χ3n) is 3.76. The lowest BCUT2D eigenvalue weighted by molar-refractivity contribution is -0.241. The van der Waals surface area contributed by atoms with Crippen LogP contribution in [0, 0.1) is 11.3 Å². The van der Waals surface area contributed by atoms with Crippen molar-refractivity contribution in [1.82, 2.24) is 0 Å². The first kappa shape index (κ1) is 8.55. The monoisotopic (exact) mass is 168 g/mol.